The van der Waals surface area contributed by atoms with Crippen molar-refractivity contribution in [2.75, 3.05) is 4.90 Å². The van der Waals surface area contributed by atoms with Crippen LogP contribution in [0.25, 0.3) is 5.70 Å². The highest BCUT2D eigenvalue weighted by Gasteiger charge is 2.31. The minimum Gasteiger partial charge on any atom is -0.278 e. The van der Waals surface area contributed by atoms with Gasteiger partial charge in [-0.1, -0.05) is 0 Å². The van der Waals surface area contributed by atoms with Gasteiger partial charge in [0.05, 0.1) is 5.69 Å². The maximum Gasteiger partial charge on any atom is 0.235 e. The summed E-state index contributed by atoms with van der Waals surface area (Å²) >= 11 is 0. The van der Waals surface area contributed by atoms with E-state index in [2.05, 4.69) is 48.8 Å². The molecule has 2 aromatic rings. The summed E-state index contributed by atoms with van der Waals surface area (Å²) in [7, 11) is 0. The third-order valence-electron chi connectivity index (χ3n) is 2.62. The van der Waals surface area contributed by atoms with Crippen LogP contribution in [-0.2, 0) is 0 Å². The molecule has 5 heterocycles. The second-order valence-electron chi connectivity index (χ2n) is 3.67. The van der Waals surface area contributed by atoms with E-state index < -0.39 is 0 Å². The highest BCUT2D eigenvalue weighted by molar-refractivity contribution is 5.87. The van der Waals surface area contributed by atoms with Gasteiger partial charge in [-0.2, -0.15) is 10.1 Å². The number of anilines is 1. The van der Waals surface area contributed by atoms with Gasteiger partial charge < -0.3 is 0 Å². The van der Waals surface area contributed by atoms with Crippen molar-refractivity contribution in [3.05, 3.63) is 42.3 Å². The molecule has 7 nitrogen and oxygen atoms in total. The van der Waals surface area contributed by atoms with Gasteiger partial charge in [0.2, 0.25) is 5.95 Å². The number of fused-ring (bicyclic) bond motifs is 1. The van der Waals surface area contributed by atoms with Gasteiger partial charge in [-0.3, -0.25) is 4.90 Å². The van der Waals surface area contributed by atoms with Gasteiger partial charge in [0, 0.05) is 6.08 Å². The molecule has 5 rings (SSSR count). The Bertz CT molecular complexity index is 664. The normalized spacial score (nSPS) is 19.7. The highest BCUT2D eigenvalue weighted by atomic mass is 15.3. The number of aliphatic imine (C=N–C) groups is 1. The Balaban J connectivity index is 1.91. The van der Waals surface area contributed by atoms with Gasteiger partial charge in [-0.25, -0.2) is 15.0 Å². The van der Waals surface area contributed by atoms with Crippen molar-refractivity contribution in [1.29, 1.82) is 0 Å². The van der Waals surface area contributed by atoms with Crippen molar-refractivity contribution in [1.82, 2.24) is 25.1 Å². The Kier molecular flexibility index (Phi) is 1.76. The van der Waals surface area contributed by atoms with Crippen molar-refractivity contribution in [3.63, 3.8) is 0 Å². The minimum atomic E-state index is -0.290. The van der Waals surface area contributed by atoms with E-state index in [0.29, 0.717) is 23.2 Å². The average molecular weight is 234 g/mol. The molecule has 0 fully saturated rings. The summed E-state index contributed by atoms with van der Waals surface area (Å²) in [6.45, 7) is 0. The number of aromatic nitrogens is 5. The van der Waals surface area contributed by atoms with E-state index in [1.807, 2.05) is 6.07 Å². The van der Waals surface area contributed by atoms with Crippen LogP contribution < -0.4 is 4.90 Å². The van der Waals surface area contributed by atoms with E-state index in [9.17, 15) is 0 Å². The van der Waals surface area contributed by atoms with Crippen molar-refractivity contribution in [2.45, 2.75) is 6.04 Å². The van der Waals surface area contributed by atoms with Gasteiger partial charge in [-0.15, -0.1) is 5.10 Å². The molecule has 0 aromatic carbocycles. The van der Waals surface area contributed by atoms with Crippen molar-refractivity contribution in [2.24, 2.45) is 4.99 Å². The van der Waals surface area contributed by atoms with Crippen LogP contribution in [0.1, 0.15) is 17.6 Å². The molecule has 83 valence electrons. The first-order valence-electron chi connectivity index (χ1n) is 5.20. The molecule has 0 amide bonds. The Morgan fingerprint density at radius 3 is 3.17 bits per heavy atom. The van der Waals surface area contributed by atoms with Crippen molar-refractivity contribution < 1.29 is 0 Å². The van der Waals surface area contributed by atoms with Crippen LogP contribution in [0.5, 0.6) is 0 Å². The molecule has 0 saturated carbocycles. The summed E-state index contributed by atoms with van der Waals surface area (Å²) in [6, 6.07) is 3.21. The lowest BCUT2D eigenvalue weighted by atomic mass is 10.1. The van der Waals surface area contributed by atoms with E-state index in [1.165, 1.54) is 6.33 Å². The molecule has 3 aliphatic heterocycles. The molecule has 4 bridgehead atoms. The summed E-state index contributed by atoms with van der Waals surface area (Å²) in [6.07, 6.45) is 10.1. The topological polar surface area (TPSA) is 80.0 Å². The molecule has 0 N–H and O–H groups in total. The Morgan fingerprint density at radius 2 is 2.28 bits per heavy atom. The first kappa shape index (κ1) is 9.34. The second kappa shape index (κ2) is 3.39. The highest BCUT2D eigenvalue weighted by Crippen LogP contribution is 2.32. The quantitative estimate of drug-likeness (QED) is 0.695. The monoisotopic (exact) mass is 234 g/mol. The zero-order valence-corrected chi connectivity index (χ0v) is 8.94. The summed E-state index contributed by atoms with van der Waals surface area (Å²) in [5.41, 5.74) is 1.26. The predicted molar refractivity (Wildman–Crippen MR) is 60.0 cm³/mol. The second-order valence-corrected chi connectivity index (χ2v) is 3.67. The van der Waals surface area contributed by atoms with Gasteiger partial charge in [0.1, 0.15) is 24.3 Å². The Morgan fingerprint density at radius 1 is 1.28 bits per heavy atom. The van der Waals surface area contributed by atoms with Crippen LogP contribution in [0.4, 0.5) is 5.95 Å². The van der Waals surface area contributed by atoms with Gasteiger partial charge in [0.15, 0.2) is 12.2 Å². The number of rotatable bonds is 1. The SMILES string of the molecule is [C]1=NC2=[C]C(c3cc[c]nn3)N1c1ncnc2n1. The van der Waals surface area contributed by atoms with Crippen LogP contribution in [0, 0.1) is 12.3 Å². The lowest BCUT2D eigenvalue weighted by Crippen LogP contribution is -2.29. The van der Waals surface area contributed by atoms with Crippen LogP contribution in [0.3, 0.4) is 0 Å². The molecule has 1 atom stereocenters. The van der Waals surface area contributed by atoms with E-state index in [-0.39, 0.29) is 6.04 Å². The molecule has 2 aromatic heterocycles. The van der Waals surface area contributed by atoms with Crippen LogP contribution >= 0.6 is 0 Å². The fourth-order valence-corrected chi connectivity index (χ4v) is 1.81. The maximum atomic E-state index is 4.26. The van der Waals surface area contributed by atoms with Gasteiger partial charge in [-0.05, 0) is 12.1 Å². The molecule has 0 aliphatic carbocycles. The zero-order chi connectivity index (χ0) is 11.9. The van der Waals surface area contributed by atoms with Crippen LogP contribution in [0.15, 0.2) is 23.5 Å². The smallest absolute Gasteiger partial charge is 0.235 e. The fourth-order valence-electron chi connectivity index (χ4n) is 1.81. The molecule has 18 heavy (non-hydrogen) atoms. The standard InChI is InChI=1S/C11H4N7/c1-2-7(17-15-3-1)9-4-8-10-12-5-13-11(16-10)18(9)6-14-8/h1-2,5,9H. The van der Waals surface area contributed by atoms with E-state index in [1.54, 1.807) is 11.0 Å². The molecule has 0 spiro atoms. The molecular formula is C11H4N7. The molecule has 0 saturated heterocycles. The molecular weight excluding hydrogens is 230 g/mol. The first-order chi connectivity index (χ1) is 8.92. The zero-order valence-electron chi connectivity index (χ0n) is 8.94. The predicted octanol–water partition coefficient (Wildman–Crippen LogP) is 0.0861. The van der Waals surface area contributed by atoms with E-state index in [4.69, 9.17) is 0 Å². The molecule has 3 radical (unpaired) electrons. The average Bonchev–Trinajstić information content (AvgIpc) is 2.64. The third-order valence-corrected chi connectivity index (χ3v) is 2.62. The van der Waals surface area contributed by atoms with Crippen LogP contribution in [-0.4, -0.2) is 31.5 Å². The van der Waals surface area contributed by atoms with Crippen LogP contribution in [0.2, 0.25) is 0 Å². The first-order valence-corrected chi connectivity index (χ1v) is 5.20. The number of hydrogen-bond acceptors (Lipinski definition) is 7. The molecule has 1 unspecified atom stereocenters. The number of hydrogen-bond donors (Lipinski definition) is 0. The Hall–Kier alpha value is -2.70. The lowest BCUT2D eigenvalue weighted by Gasteiger charge is -2.23. The Labute approximate surface area is 102 Å². The molecule has 3 aliphatic rings. The summed E-state index contributed by atoms with van der Waals surface area (Å²) in [4.78, 5) is 18.2. The lowest BCUT2D eigenvalue weighted by molar-refractivity contribution is 0.768. The van der Waals surface area contributed by atoms with E-state index >= 15 is 0 Å². The summed E-state index contributed by atoms with van der Waals surface area (Å²) in [5.74, 6) is 0.969. The fraction of sp³-hybridized carbons (Fsp3) is 0.0909. The van der Waals surface area contributed by atoms with Crippen molar-refractivity contribution >= 4 is 18.0 Å². The van der Waals surface area contributed by atoms with Gasteiger partial charge in [0.25, 0.3) is 0 Å². The largest absolute Gasteiger partial charge is 0.278 e. The summed E-state index contributed by atoms with van der Waals surface area (Å²) in [5, 5.41) is 7.77. The third kappa shape index (κ3) is 1.24. The van der Waals surface area contributed by atoms with Gasteiger partial charge >= 0.3 is 0 Å². The minimum absolute atomic E-state index is 0.290. The van der Waals surface area contributed by atoms with Crippen molar-refractivity contribution in [3.8, 4) is 0 Å². The number of nitrogens with zero attached hydrogens (tertiary/aromatic N) is 7. The van der Waals surface area contributed by atoms with E-state index in [0.717, 1.165) is 0 Å². The summed E-state index contributed by atoms with van der Waals surface area (Å²) < 4.78 is 0. The maximum absolute atomic E-state index is 4.26. The molecule has 7 heteroatoms.